The second-order valence-corrected chi connectivity index (χ2v) is 7.14. The van der Waals surface area contributed by atoms with Gasteiger partial charge in [-0.2, -0.15) is 0 Å². The van der Waals surface area contributed by atoms with E-state index in [9.17, 15) is 5.11 Å². The van der Waals surface area contributed by atoms with E-state index in [0.29, 0.717) is 6.42 Å². The summed E-state index contributed by atoms with van der Waals surface area (Å²) in [6.45, 7) is 0. The number of rotatable bonds is 3. The van der Waals surface area contributed by atoms with Gasteiger partial charge in [-0.1, -0.05) is 46.3 Å². The standard InChI is InChI=1S/C21H18BrN3O/c22-15-10-8-14(9-11-15)21-24-18(16-5-1-2-7-20(16)26)13-19(25-21)17-6-3-4-12-23-17/h1-12,19,21,25-26H,13H2. The summed E-state index contributed by atoms with van der Waals surface area (Å²) in [5, 5.41) is 13.9. The highest BCUT2D eigenvalue weighted by atomic mass is 79.9. The molecule has 130 valence electrons. The third-order valence-electron chi connectivity index (χ3n) is 4.49. The molecule has 2 N–H and O–H groups in total. The van der Waals surface area contributed by atoms with Crippen LogP contribution in [0.15, 0.2) is 82.4 Å². The van der Waals surface area contributed by atoms with E-state index < -0.39 is 0 Å². The number of hydrogen-bond donors (Lipinski definition) is 2. The van der Waals surface area contributed by atoms with Crippen molar-refractivity contribution in [3.8, 4) is 5.75 Å². The maximum atomic E-state index is 10.3. The van der Waals surface area contributed by atoms with Crippen molar-refractivity contribution in [3.05, 3.63) is 94.2 Å². The van der Waals surface area contributed by atoms with Crippen LogP contribution < -0.4 is 5.32 Å². The lowest BCUT2D eigenvalue weighted by molar-refractivity contribution is 0.432. The van der Waals surface area contributed by atoms with Crippen LogP contribution in [0.25, 0.3) is 0 Å². The van der Waals surface area contributed by atoms with Gasteiger partial charge in [-0.05, 0) is 42.0 Å². The molecule has 3 aromatic rings. The van der Waals surface area contributed by atoms with Gasteiger partial charge in [0.1, 0.15) is 11.9 Å². The summed E-state index contributed by atoms with van der Waals surface area (Å²) in [5.74, 6) is 0.252. The fourth-order valence-corrected chi connectivity index (χ4v) is 3.44. The zero-order chi connectivity index (χ0) is 17.9. The summed E-state index contributed by atoms with van der Waals surface area (Å²) in [7, 11) is 0. The molecule has 0 saturated heterocycles. The van der Waals surface area contributed by atoms with Crippen LogP contribution in [0.2, 0.25) is 0 Å². The molecule has 5 heteroatoms. The minimum atomic E-state index is -0.196. The Balaban J connectivity index is 1.75. The summed E-state index contributed by atoms with van der Waals surface area (Å²) in [6.07, 6.45) is 2.28. The van der Waals surface area contributed by atoms with Crippen molar-refractivity contribution in [2.45, 2.75) is 18.6 Å². The Hall–Kier alpha value is -2.50. The molecule has 26 heavy (non-hydrogen) atoms. The molecule has 0 saturated carbocycles. The predicted octanol–water partition coefficient (Wildman–Crippen LogP) is 4.77. The number of para-hydroxylation sites is 1. The fourth-order valence-electron chi connectivity index (χ4n) is 3.17. The van der Waals surface area contributed by atoms with E-state index >= 15 is 0 Å². The van der Waals surface area contributed by atoms with Crippen LogP contribution in [0.5, 0.6) is 5.75 Å². The molecular weight excluding hydrogens is 390 g/mol. The lowest BCUT2D eigenvalue weighted by atomic mass is 9.96. The van der Waals surface area contributed by atoms with Gasteiger partial charge in [0.05, 0.1) is 17.4 Å². The number of aromatic nitrogens is 1. The number of pyridine rings is 1. The summed E-state index contributed by atoms with van der Waals surface area (Å²) in [5.41, 5.74) is 3.70. The Morgan fingerprint density at radius 2 is 1.73 bits per heavy atom. The Kier molecular flexibility index (Phi) is 4.82. The molecule has 1 aliphatic rings. The first-order valence-electron chi connectivity index (χ1n) is 8.48. The van der Waals surface area contributed by atoms with Crippen LogP contribution in [0.3, 0.4) is 0 Å². The lowest BCUT2D eigenvalue weighted by Crippen LogP contribution is -2.33. The molecular formula is C21H18BrN3O. The predicted molar refractivity (Wildman–Crippen MR) is 106 cm³/mol. The van der Waals surface area contributed by atoms with Gasteiger partial charge < -0.3 is 5.11 Å². The molecule has 4 nitrogen and oxygen atoms in total. The Morgan fingerprint density at radius 3 is 2.46 bits per heavy atom. The van der Waals surface area contributed by atoms with E-state index in [1.165, 1.54) is 0 Å². The second-order valence-electron chi connectivity index (χ2n) is 6.23. The highest BCUT2D eigenvalue weighted by Gasteiger charge is 2.27. The molecule has 1 aromatic heterocycles. The highest BCUT2D eigenvalue weighted by Crippen LogP contribution is 2.32. The Bertz CT molecular complexity index is 926. The molecule has 2 heterocycles. The van der Waals surface area contributed by atoms with Crippen LogP contribution >= 0.6 is 15.9 Å². The number of phenols is 1. The first-order chi connectivity index (χ1) is 12.7. The van der Waals surface area contributed by atoms with Crippen LogP contribution in [0.1, 0.15) is 35.4 Å². The van der Waals surface area contributed by atoms with Crippen molar-refractivity contribution < 1.29 is 5.11 Å². The lowest BCUT2D eigenvalue weighted by Gasteiger charge is -2.30. The molecule has 0 amide bonds. The van der Waals surface area contributed by atoms with Crippen molar-refractivity contribution in [2.24, 2.45) is 4.99 Å². The maximum absolute atomic E-state index is 10.3. The van der Waals surface area contributed by atoms with Crippen molar-refractivity contribution in [2.75, 3.05) is 0 Å². The zero-order valence-electron chi connectivity index (χ0n) is 14.0. The first kappa shape index (κ1) is 16.9. The Labute approximate surface area is 160 Å². The third-order valence-corrected chi connectivity index (χ3v) is 5.02. The summed E-state index contributed by atoms with van der Waals surface area (Å²) >= 11 is 3.48. The van der Waals surface area contributed by atoms with Gasteiger partial charge >= 0.3 is 0 Å². The number of hydrogen-bond acceptors (Lipinski definition) is 4. The van der Waals surface area contributed by atoms with Gasteiger partial charge in [-0.25, -0.2) is 0 Å². The molecule has 2 unspecified atom stereocenters. The normalized spacial score (nSPS) is 19.8. The molecule has 0 fully saturated rings. The molecule has 2 aromatic carbocycles. The van der Waals surface area contributed by atoms with Crippen molar-refractivity contribution >= 4 is 21.6 Å². The quantitative estimate of drug-likeness (QED) is 0.656. The van der Waals surface area contributed by atoms with Crippen LogP contribution in [-0.2, 0) is 0 Å². The number of aromatic hydroxyl groups is 1. The van der Waals surface area contributed by atoms with Gasteiger partial charge in [0.2, 0.25) is 0 Å². The minimum Gasteiger partial charge on any atom is -0.507 e. The second kappa shape index (κ2) is 7.40. The van der Waals surface area contributed by atoms with Gasteiger partial charge in [0, 0.05) is 22.7 Å². The number of halogens is 1. The van der Waals surface area contributed by atoms with E-state index in [2.05, 4.69) is 38.4 Å². The van der Waals surface area contributed by atoms with Crippen LogP contribution in [-0.4, -0.2) is 15.8 Å². The van der Waals surface area contributed by atoms with Gasteiger partial charge in [-0.3, -0.25) is 15.3 Å². The molecule has 0 spiro atoms. The maximum Gasteiger partial charge on any atom is 0.126 e. The number of phenolic OH excluding ortho intramolecular Hbond substituents is 1. The third kappa shape index (κ3) is 3.54. The molecule has 0 bridgehead atoms. The van der Waals surface area contributed by atoms with E-state index in [0.717, 1.165) is 27.0 Å². The van der Waals surface area contributed by atoms with Gasteiger partial charge in [0.25, 0.3) is 0 Å². The molecule has 2 atom stereocenters. The molecule has 1 aliphatic heterocycles. The number of benzene rings is 2. The Morgan fingerprint density at radius 1 is 0.962 bits per heavy atom. The summed E-state index contributed by atoms with van der Waals surface area (Å²) < 4.78 is 1.03. The van der Waals surface area contributed by atoms with Crippen molar-refractivity contribution in [3.63, 3.8) is 0 Å². The smallest absolute Gasteiger partial charge is 0.126 e. The average Bonchev–Trinajstić information content (AvgIpc) is 2.69. The van der Waals surface area contributed by atoms with Crippen molar-refractivity contribution in [1.29, 1.82) is 0 Å². The van der Waals surface area contributed by atoms with Crippen LogP contribution in [0.4, 0.5) is 0 Å². The monoisotopic (exact) mass is 407 g/mol. The molecule has 0 radical (unpaired) electrons. The fraction of sp³-hybridized carbons (Fsp3) is 0.143. The van der Waals surface area contributed by atoms with Gasteiger partial charge in [0.15, 0.2) is 0 Å². The average molecular weight is 408 g/mol. The topological polar surface area (TPSA) is 57.5 Å². The van der Waals surface area contributed by atoms with E-state index in [1.54, 1.807) is 12.3 Å². The number of nitrogens with one attached hydrogen (secondary N) is 1. The summed E-state index contributed by atoms with van der Waals surface area (Å²) in [6, 6.07) is 21.4. The van der Waals surface area contributed by atoms with E-state index in [4.69, 9.17) is 4.99 Å². The molecule has 0 aliphatic carbocycles. The summed E-state index contributed by atoms with van der Waals surface area (Å²) in [4.78, 5) is 9.40. The van der Waals surface area contributed by atoms with E-state index in [-0.39, 0.29) is 18.0 Å². The van der Waals surface area contributed by atoms with Gasteiger partial charge in [-0.15, -0.1) is 0 Å². The van der Waals surface area contributed by atoms with E-state index in [1.807, 2.05) is 48.5 Å². The molecule has 4 rings (SSSR count). The first-order valence-corrected chi connectivity index (χ1v) is 9.27. The van der Waals surface area contributed by atoms with Crippen molar-refractivity contribution in [1.82, 2.24) is 10.3 Å². The SMILES string of the molecule is Oc1ccccc1C1=NC(c2ccc(Br)cc2)NC(c2ccccn2)C1. The largest absolute Gasteiger partial charge is 0.507 e. The number of aliphatic imine (C=N–C) groups is 1. The highest BCUT2D eigenvalue weighted by molar-refractivity contribution is 9.10. The number of nitrogens with zero attached hydrogens (tertiary/aromatic N) is 2. The zero-order valence-corrected chi connectivity index (χ0v) is 15.6. The van der Waals surface area contributed by atoms with Crippen LogP contribution in [0, 0.1) is 0 Å². The minimum absolute atomic E-state index is 0.0250.